The second-order valence-corrected chi connectivity index (χ2v) is 10.5. The van der Waals surface area contributed by atoms with E-state index in [4.69, 9.17) is 15.2 Å². The summed E-state index contributed by atoms with van der Waals surface area (Å²) in [5.74, 6) is 1.26. The number of methoxy groups -OCH3 is 2. The molecule has 11 heteroatoms. The molecule has 0 radical (unpaired) electrons. The fourth-order valence-corrected chi connectivity index (χ4v) is 5.90. The number of fused-ring (bicyclic) bond motifs is 6. The Balaban J connectivity index is 0.000000147. The number of carbonyl (C=O) groups excluding carboxylic acids is 3. The van der Waals surface area contributed by atoms with Crippen LogP contribution in [-0.4, -0.2) is 52.6 Å². The molecule has 0 saturated carbocycles. The van der Waals surface area contributed by atoms with E-state index in [1.54, 1.807) is 32.4 Å². The van der Waals surface area contributed by atoms with Gasteiger partial charge in [-0.1, -0.05) is 24.3 Å². The lowest BCUT2D eigenvalue weighted by atomic mass is 10.0. The van der Waals surface area contributed by atoms with Crippen LogP contribution in [0.25, 0.3) is 45.0 Å². The van der Waals surface area contributed by atoms with Gasteiger partial charge in [0, 0.05) is 27.9 Å². The number of hydrogen-bond acceptors (Lipinski definition) is 8. The van der Waals surface area contributed by atoms with Crippen LogP contribution in [0.3, 0.4) is 0 Å². The average molecular weight is 611 g/mol. The van der Waals surface area contributed by atoms with Crippen molar-refractivity contribution in [3.8, 4) is 56.5 Å². The third-order valence-corrected chi connectivity index (χ3v) is 8.08. The van der Waals surface area contributed by atoms with Crippen LogP contribution in [0.5, 0.6) is 11.5 Å². The van der Waals surface area contributed by atoms with Crippen molar-refractivity contribution in [2.45, 2.75) is 0 Å². The fraction of sp³-hybridized carbons (Fsp3) is 0.0571. The molecule has 0 unspecified atom stereocenters. The van der Waals surface area contributed by atoms with Gasteiger partial charge in [0.05, 0.1) is 53.5 Å². The van der Waals surface area contributed by atoms with Gasteiger partial charge in [0.25, 0.3) is 0 Å². The number of rotatable bonds is 6. The average Bonchev–Trinajstić information content (AvgIpc) is 3.85. The maximum absolute atomic E-state index is 12.9. The first-order chi connectivity index (χ1) is 22.4. The van der Waals surface area contributed by atoms with E-state index in [0.717, 1.165) is 39.4 Å². The lowest BCUT2D eigenvalue weighted by Gasteiger charge is -2.06. The molecule has 2 aromatic heterocycles. The first kappa shape index (κ1) is 28.3. The largest absolute Gasteiger partial charge is 0.497 e. The minimum absolute atomic E-state index is 0.0809. The summed E-state index contributed by atoms with van der Waals surface area (Å²) in [6.45, 7) is 0. The quantitative estimate of drug-likeness (QED) is 0.137. The van der Waals surface area contributed by atoms with Gasteiger partial charge < -0.3 is 20.5 Å². The molecule has 2 aliphatic carbocycles. The Morgan fingerprint density at radius 2 is 1.13 bits per heavy atom. The van der Waals surface area contributed by atoms with Gasteiger partial charge in [0.1, 0.15) is 22.9 Å². The van der Waals surface area contributed by atoms with Crippen molar-refractivity contribution in [3.05, 3.63) is 107 Å². The summed E-state index contributed by atoms with van der Waals surface area (Å²) in [6, 6.07) is 25.6. The molecule has 4 aromatic carbocycles. The number of anilines is 2. The van der Waals surface area contributed by atoms with Crippen molar-refractivity contribution in [2.24, 2.45) is 0 Å². The highest BCUT2D eigenvalue weighted by atomic mass is 16.5. The van der Waals surface area contributed by atoms with Crippen LogP contribution in [-0.2, 0) is 4.79 Å². The molecule has 0 fully saturated rings. The number of ether oxygens (including phenoxy) is 2. The number of benzene rings is 4. The second-order valence-electron chi connectivity index (χ2n) is 10.5. The number of nitrogens with one attached hydrogen (secondary N) is 3. The summed E-state index contributed by atoms with van der Waals surface area (Å²) in [4.78, 5) is 36.4. The summed E-state index contributed by atoms with van der Waals surface area (Å²) in [6.07, 6.45) is 0.568. The maximum atomic E-state index is 12.9. The van der Waals surface area contributed by atoms with Crippen LogP contribution in [0.15, 0.2) is 84.9 Å². The normalized spacial score (nSPS) is 12.0. The molecule has 1 amide bonds. The van der Waals surface area contributed by atoms with E-state index >= 15 is 0 Å². The highest BCUT2D eigenvalue weighted by molar-refractivity contribution is 6.27. The lowest BCUT2D eigenvalue weighted by Crippen LogP contribution is -2.04. The molecule has 0 bridgehead atoms. The molecule has 46 heavy (non-hydrogen) atoms. The highest BCUT2D eigenvalue weighted by Crippen LogP contribution is 2.44. The zero-order chi connectivity index (χ0) is 31.9. The second kappa shape index (κ2) is 11.2. The first-order valence-electron chi connectivity index (χ1n) is 14.2. The van der Waals surface area contributed by atoms with E-state index < -0.39 is 0 Å². The van der Waals surface area contributed by atoms with Crippen molar-refractivity contribution < 1.29 is 23.9 Å². The van der Waals surface area contributed by atoms with Crippen molar-refractivity contribution in [1.29, 1.82) is 0 Å². The van der Waals surface area contributed by atoms with Crippen LogP contribution in [0.2, 0.25) is 0 Å². The monoisotopic (exact) mass is 610 g/mol. The molecule has 2 heterocycles. The van der Waals surface area contributed by atoms with Crippen LogP contribution >= 0.6 is 0 Å². The predicted molar refractivity (Wildman–Crippen MR) is 173 cm³/mol. The Morgan fingerprint density at radius 3 is 1.63 bits per heavy atom. The van der Waals surface area contributed by atoms with Crippen LogP contribution in [0.1, 0.15) is 31.8 Å². The van der Waals surface area contributed by atoms with E-state index in [-0.39, 0.29) is 11.6 Å². The van der Waals surface area contributed by atoms with Gasteiger partial charge in [-0.05, 0) is 60.7 Å². The Labute approximate surface area is 262 Å². The van der Waals surface area contributed by atoms with Gasteiger partial charge in [0.2, 0.25) is 6.41 Å². The van der Waals surface area contributed by atoms with Gasteiger partial charge in [-0.3, -0.25) is 24.6 Å². The molecule has 11 nitrogen and oxygen atoms in total. The number of nitrogens with zero attached hydrogens (tertiary/aromatic N) is 2. The molecule has 2 aliphatic rings. The highest BCUT2D eigenvalue weighted by Gasteiger charge is 2.35. The topological polar surface area (TPSA) is 165 Å². The standard InChI is InChI=1S/C18H13N3O3.C17H13N3O2/c1-24-11-7-5-10(6-8-11)16-15-17(21-20-16)12-3-2-4-13(19-9-22)14(12)18(15)23;1-22-10-7-5-9(6-8-10)15-14-16(20-19-15)11-3-2-4-12(18)13(11)17(14)21/h2-9H,1H3,(H,19,22)(H,20,21);2-8H,18H2,1H3,(H,19,20). The van der Waals surface area contributed by atoms with Crippen molar-refractivity contribution in [2.75, 3.05) is 25.3 Å². The van der Waals surface area contributed by atoms with Crippen LogP contribution in [0.4, 0.5) is 11.4 Å². The summed E-state index contributed by atoms with van der Waals surface area (Å²) >= 11 is 0. The predicted octanol–water partition coefficient (Wildman–Crippen LogP) is 5.74. The molecule has 0 spiro atoms. The summed E-state index contributed by atoms with van der Waals surface area (Å²) in [5.41, 5.74) is 15.0. The van der Waals surface area contributed by atoms with E-state index in [2.05, 4.69) is 25.7 Å². The maximum Gasteiger partial charge on any atom is 0.211 e. The number of nitrogens with two attached hydrogens (primary N) is 1. The van der Waals surface area contributed by atoms with E-state index in [1.165, 1.54) is 0 Å². The molecule has 0 aliphatic heterocycles. The van der Waals surface area contributed by atoms with Gasteiger partial charge in [0.15, 0.2) is 11.6 Å². The molecule has 226 valence electrons. The van der Waals surface area contributed by atoms with Gasteiger partial charge in [-0.15, -0.1) is 0 Å². The smallest absolute Gasteiger partial charge is 0.211 e. The zero-order valence-corrected chi connectivity index (χ0v) is 24.7. The summed E-state index contributed by atoms with van der Waals surface area (Å²) < 4.78 is 10.3. The number of carbonyl (C=O) groups is 3. The van der Waals surface area contributed by atoms with Gasteiger partial charge >= 0.3 is 0 Å². The van der Waals surface area contributed by atoms with Gasteiger partial charge in [-0.2, -0.15) is 10.2 Å². The van der Waals surface area contributed by atoms with E-state index in [9.17, 15) is 14.4 Å². The molecule has 0 atom stereocenters. The molecule has 0 saturated heterocycles. The van der Waals surface area contributed by atoms with Crippen molar-refractivity contribution >= 4 is 29.4 Å². The Morgan fingerprint density at radius 1 is 0.652 bits per heavy atom. The number of hydrogen-bond donors (Lipinski definition) is 4. The van der Waals surface area contributed by atoms with Crippen LogP contribution < -0.4 is 20.5 Å². The number of aromatic nitrogens is 4. The molecule has 8 rings (SSSR count). The van der Waals surface area contributed by atoms with Crippen LogP contribution in [0, 0.1) is 0 Å². The summed E-state index contributed by atoms with van der Waals surface area (Å²) in [7, 11) is 3.22. The number of nitrogen functional groups attached to an aromatic ring is 1. The van der Waals surface area contributed by atoms with E-state index in [0.29, 0.717) is 57.1 Å². The third kappa shape index (κ3) is 4.41. The fourth-order valence-electron chi connectivity index (χ4n) is 5.90. The number of aromatic amines is 2. The van der Waals surface area contributed by atoms with Crippen molar-refractivity contribution in [3.63, 3.8) is 0 Å². The molecular weight excluding hydrogens is 584 g/mol. The Hall–Kier alpha value is -6.49. The van der Waals surface area contributed by atoms with Crippen molar-refractivity contribution in [1.82, 2.24) is 20.4 Å². The molecular formula is C35H26N6O5. The molecule has 6 aromatic rings. The minimum Gasteiger partial charge on any atom is -0.497 e. The van der Waals surface area contributed by atoms with Gasteiger partial charge in [-0.25, -0.2) is 0 Å². The number of ketones is 2. The number of amides is 1. The summed E-state index contributed by atoms with van der Waals surface area (Å²) in [5, 5.41) is 17.1. The number of H-pyrrole nitrogens is 2. The molecule has 5 N–H and O–H groups in total. The SMILES string of the molecule is COc1ccc(-c2n[nH]c3c2C(=O)c2c(N)cccc2-3)cc1.COc1ccc(-c2n[nH]c3c2C(=O)c2c(NC=O)cccc2-3)cc1. The lowest BCUT2D eigenvalue weighted by molar-refractivity contribution is -0.105. The third-order valence-electron chi connectivity index (χ3n) is 8.08. The Kier molecular flexibility index (Phi) is 6.90. The Bertz CT molecular complexity index is 2160. The van der Waals surface area contributed by atoms with E-state index in [1.807, 2.05) is 66.7 Å². The zero-order valence-electron chi connectivity index (χ0n) is 24.7. The first-order valence-corrected chi connectivity index (χ1v) is 14.2. The minimum atomic E-state index is -0.149.